The monoisotopic (exact) mass is 304 g/mol. The standard InChI is InChI=1S/C18H28N2O2/c1-3-18(22,4-2)14-19-17(21)15-8-10-16(11-9-15)20-12-6-5-7-13-20/h8-11,22H,3-7,12-14H2,1-2H3,(H,19,21). The maximum absolute atomic E-state index is 12.2. The summed E-state index contributed by atoms with van der Waals surface area (Å²) in [6.07, 6.45) is 5.08. The van der Waals surface area contributed by atoms with Gasteiger partial charge in [-0.2, -0.15) is 0 Å². The summed E-state index contributed by atoms with van der Waals surface area (Å²) in [5, 5.41) is 13.1. The van der Waals surface area contributed by atoms with E-state index >= 15 is 0 Å². The number of carbonyl (C=O) groups excluding carboxylic acids is 1. The van der Waals surface area contributed by atoms with Gasteiger partial charge < -0.3 is 15.3 Å². The number of hydrogen-bond donors (Lipinski definition) is 2. The van der Waals surface area contributed by atoms with Crippen LogP contribution in [-0.4, -0.2) is 36.2 Å². The van der Waals surface area contributed by atoms with E-state index in [9.17, 15) is 9.90 Å². The van der Waals surface area contributed by atoms with Crippen molar-refractivity contribution in [2.45, 2.75) is 51.6 Å². The molecule has 0 atom stereocenters. The van der Waals surface area contributed by atoms with Crippen LogP contribution in [0.25, 0.3) is 0 Å². The van der Waals surface area contributed by atoms with Gasteiger partial charge in [0.05, 0.1) is 5.60 Å². The van der Waals surface area contributed by atoms with Crippen LogP contribution in [0.4, 0.5) is 5.69 Å². The van der Waals surface area contributed by atoms with E-state index in [4.69, 9.17) is 0 Å². The number of carbonyl (C=O) groups is 1. The van der Waals surface area contributed by atoms with Gasteiger partial charge in [-0.1, -0.05) is 13.8 Å². The van der Waals surface area contributed by atoms with E-state index in [2.05, 4.69) is 10.2 Å². The number of benzene rings is 1. The molecule has 22 heavy (non-hydrogen) atoms. The molecule has 1 saturated heterocycles. The molecule has 1 amide bonds. The summed E-state index contributed by atoms with van der Waals surface area (Å²) in [4.78, 5) is 14.5. The van der Waals surface area contributed by atoms with E-state index in [0.717, 1.165) is 13.1 Å². The van der Waals surface area contributed by atoms with Crippen LogP contribution in [0.15, 0.2) is 24.3 Å². The Morgan fingerprint density at radius 3 is 2.27 bits per heavy atom. The van der Waals surface area contributed by atoms with Gasteiger partial charge in [-0.15, -0.1) is 0 Å². The van der Waals surface area contributed by atoms with Gasteiger partial charge in [0.25, 0.3) is 5.91 Å². The number of nitrogens with zero attached hydrogens (tertiary/aromatic N) is 1. The molecule has 1 aliphatic heterocycles. The Labute approximate surface area is 133 Å². The predicted octanol–water partition coefficient (Wildman–Crippen LogP) is 2.96. The van der Waals surface area contributed by atoms with Crippen molar-refractivity contribution in [3.8, 4) is 0 Å². The maximum Gasteiger partial charge on any atom is 0.251 e. The smallest absolute Gasteiger partial charge is 0.251 e. The second kappa shape index (κ2) is 7.63. The van der Waals surface area contributed by atoms with Gasteiger partial charge >= 0.3 is 0 Å². The fourth-order valence-electron chi connectivity index (χ4n) is 2.82. The summed E-state index contributed by atoms with van der Waals surface area (Å²) in [5.41, 5.74) is 1.04. The summed E-state index contributed by atoms with van der Waals surface area (Å²) in [7, 11) is 0. The molecule has 1 fully saturated rings. The Kier molecular flexibility index (Phi) is 5.83. The molecule has 0 unspecified atom stereocenters. The molecule has 0 radical (unpaired) electrons. The first-order valence-electron chi connectivity index (χ1n) is 8.43. The lowest BCUT2D eigenvalue weighted by Crippen LogP contribution is -2.42. The lowest BCUT2D eigenvalue weighted by Gasteiger charge is -2.29. The van der Waals surface area contributed by atoms with Crippen molar-refractivity contribution in [3.05, 3.63) is 29.8 Å². The highest BCUT2D eigenvalue weighted by Gasteiger charge is 2.23. The van der Waals surface area contributed by atoms with E-state index in [-0.39, 0.29) is 5.91 Å². The molecule has 1 aromatic carbocycles. The zero-order valence-electron chi connectivity index (χ0n) is 13.8. The van der Waals surface area contributed by atoms with Crippen molar-refractivity contribution in [1.82, 2.24) is 5.32 Å². The van der Waals surface area contributed by atoms with Crippen LogP contribution in [-0.2, 0) is 0 Å². The van der Waals surface area contributed by atoms with E-state index in [1.54, 1.807) is 0 Å². The average Bonchev–Trinajstić information content (AvgIpc) is 2.60. The van der Waals surface area contributed by atoms with Crippen LogP contribution in [0, 0.1) is 0 Å². The van der Waals surface area contributed by atoms with Crippen LogP contribution in [0.1, 0.15) is 56.3 Å². The number of hydrogen-bond acceptors (Lipinski definition) is 3. The third-order valence-electron chi connectivity index (χ3n) is 4.74. The summed E-state index contributed by atoms with van der Waals surface area (Å²) < 4.78 is 0. The first-order valence-corrected chi connectivity index (χ1v) is 8.43. The SMILES string of the molecule is CCC(O)(CC)CNC(=O)c1ccc(N2CCCCC2)cc1. The van der Waals surface area contributed by atoms with E-state index in [1.165, 1.54) is 24.9 Å². The van der Waals surface area contributed by atoms with Crippen LogP contribution in [0.2, 0.25) is 0 Å². The normalized spacial score (nSPS) is 15.7. The van der Waals surface area contributed by atoms with Gasteiger partial charge in [-0.05, 0) is 56.4 Å². The molecule has 1 aromatic rings. The van der Waals surface area contributed by atoms with Gasteiger partial charge in [-0.3, -0.25) is 4.79 Å². The van der Waals surface area contributed by atoms with E-state index < -0.39 is 5.60 Å². The molecule has 0 aromatic heterocycles. The Morgan fingerprint density at radius 2 is 1.73 bits per heavy atom. The largest absolute Gasteiger partial charge is 0.388 e. The molecule has 0 bridgehead atoms. The second-order valence-corrected chi connectivity index (χ2v) is 6.21. The van der Waals surface area contributed by atoms with Crippen molar-refractivity contribution in [1.29, 1.82) is 0 Å². The minimum atomic E-state index is -0.802. The molecule has 4 heteroatoms. The minimum absolute atomic E-state index is 0.120. The van der Waals surface area contributed by atoms with Crippen LogP contribution < -0.4 is 10.2 Å². The van der Waals surface area contributed by atoms with E-state index in [1.807, 2.05) is 38.1 Å². The fraction of sp³-hybridized carbons (Fsp3) is 0.611. The van der Waals surface area contributed by atoms with Crippen LogP contribution in [0.3, 0.4) is 0 Å². The number of rotatable bonds is 6. The van der Waals surface area contributed by atoms with Gasteiger partial charge in [-0.25, -0.2) is 0 Å². The van der Waals surface area contributed by atoms with Gasteiger partial charge in [0.2, 0.25) is 0 Å². The number of piperidine rings is 1. The van der Waals surface area contributed by atoms with Gasteiger partial charge in [0.1, 0.15) is 0 Å². The molecule has 4 nitrogen and oxygen atoms in total. The highest BCUT2D eigenvalue weighted by atomic mass is 16.3. The quantitative estimate of drug-likeness (QED) is 0.849. The molecular weight excluding hydrogens is 276 g/mol. The molecule has 2 N–H and O–H groups in total. The average molecular weight is 304 g/mol. The lowest BCUT2D eigenvalue weighted by atomic mass is 9.97. The molecule has 0 saturated carbocycles. The first kappa shape index (κ1) is 16.8. The molecule has 122 valence electrons. The van der Waals surface area contributed by atoms with Crippen molar-refractivity contribution in [2.24, 2.45) is 0 Å². The second-order valence-electron chi connectivity index (χ2n) is 6.21. The highest BCUT2D eigenvalue weighted by molar-refractivity contribution is 5.94. The van der Waals surface area contributed by atoms with E-state index in [0.29, 0.717) is 24.9 Å². The predicted molar refractivity (Wildman–Crippen MR) is 90.4 cm³/mol. The van der Waals surface area contributed by atoms with Crippen molar-refractivity contribution in [2.75, 3.05) is 24.5 Å². The number of aliphatic hydroxyl groups is 1. The molecular formula is C18H28N2O2. The molecule has 2 rings (SSSR count). The maximum atomic E-state index is 12.2. The Balaban J connectivity index is 1.93. The topological polar surface area (TPSA) is 52.6 Å². The molecule has 0 spiro atoms. The zero-order valence-corrected chi connectivity index (χ0v) is 13.8. The number of nitrogens with one attached hydrogen (secondary N) is 1. The fourth-order valence-corrected chi connectivity index (χ4v) is 2.82. The zero-order chi connectivity index (χ0) is 16.0. The lowest BCUT2D eigenvalue weighted by molar-refractivity contribution is 0.0314. The molecule has 1 aliphatic rings. The summed E-state index contributed by atoms with van der Waals surface area (Å²) in [6, 6.07) is 7.78. The summed E-state index contributed by atoms with van der Waals surface area (Å²) >= 11 is 0. The van der Waals surface area contributed by atoms with Crippen molar-refractivity contribution < 1.29 is 9.90 Å². The van der Waals surface area contributed by atoms with Gasteiger partial charge in [0.15, 0.2) is 0 Å². The molecule has 1 heterocycles. The summed E-state index contributed by atoms with van der Waals surface area (Å²) in [6.45, 7) is 6.37. The van der Waals surface area contributed by atoms with Gasteiger partial charge in [0, 0.05) is 30.9 Å². The summed E-state index contributed by atoms with van der Waals surface area (Å²) in [5.74, 6) is -0.120. The Morgan fingerprint density at radius 1 is 1.14 bits per heavy atom. The Bertz CT molecular complexity index is 474. The Hall–Kier alpha value is -1.55. The van der Waals surface area contributed by atoms with Crippen molar-refractivity contribution >= 4 is 11.6 Å². The first-order chi connectivity index (χ1) is 10.6. The number of anilines is 1. The van der Waals surface area contributed by atoms with Crippen LogP contribution in [0.5, 0.6) is 0 Å². The molecule has 0 aliphatic carbocycles. The van der Waals surface area contributed by atoms with Crippen molar-refractivity contribution in [3.63, 3.8) is 0 Å². The highest BCUT2D eigenvalue weighted by Crippen LogP contribution is 2.20. The third kappa shape index (κ3) is 4.23. The minimum Gasteiger partial charge on any atom is -0.388 e. The number of amides is 1. The van der Waals surface area contributed by atoms with Crippen LogP contribution >= 0.6 is 0 Å². The third-order valence-corrected chi connectivity index (χ3v) is 4.74.